The Balaban J connectivity index is 2.46. The molecule has 0 fully saturated rings. The van der Waals surface area contributed by atoms with Crippen LogP contribution in [0.4, 0.5) is 9.18 Å². The molecule has 0 saturated carbocycles. The van der Waals surface area contributed by atoms with Gasteiger partial charge in [-0.05, 0) is 31.5 Å². The molecule has 2 N–H and O–H groups in total. The third-order valence-corrected chi connectivity index (χ3v) is 3.33. The first-order valence-electron chi connectivity index (χ1n) is 6.34. The summed E-state index contributed by atoms with van der Waals surface area (Å²) >= 11 is 5.76. The Kier molecular flexibility index (Phi) is 4.47. The van der Waals surface area contributed by atoms with Gasteiger partial charge < -0.3 is 15.4 Å². The zero-order valence-electron chi connectivity index (χ0n) is 11.5. The van der Waals surface area contributed by atoms with Crippen LogP contribution in [-0.4, -0.2) is 18.6 Å². The van der Waals surface area contributed by atoms with Crippen molar-refractivity contribution in [1.29, 1.82) is 0 Å². The van der Waals surface area contributed by atoms with Gasteiger partial charge in [0.25, 0.3) is 0 Å². The number of allylic oxidation sites excluding steroid dienone is 1. The third-order valence-electron chi connectivity index (χ3n) is 3.04. The fourth-order valence-corrected chi connectivity index (χ4v) is 2.30. The molecule has 112 valence electrons. The fraction of sp³-hybridized carbons (Fsp3) is 0.286. The van der Waals surface area contributed by atoms with Crippen molar-refractivity contribution in [3.63, 3.8) is 0 Å². The molecule has 1 atom stereocenters. The number of carbonyl (C=O) groups is 2. The second-order valence-electron chi connectivity index (χ2n) is 4.46. The van der Waals surface area contributed by atoms with Crippen LogP contribution in [0.15, 0.2) is 29.5 Å². The standard InChI is InChI=1S/C14H14ClFN2O3/c1-3-21-13(19)11-7(2)17-14(20)18-12(11)8-4-5-10(16)9(15)6-8/h4-6,12H,3H2,1-2H3,(H2,17,18,20). The minimum Gasteiger partial charge on any atom is -0.463 e. The molecular weight excluding hydrogens is 299 g/mol. The summed E-state index contributed by atoms with van der Waals surface area (Å²) in [5, 5.41) is 5.04. The van der Waals surface area contributed by atoms with Gasteiger partial charge in [-0.3, -0.25) is 0 Å². The number of esters is 1. The quantitative estimate of drug-likeness (QED) is 0.843. The second-order valence-corrected chi connectivity index (χ2v) is 4.87. The number of amides is 2. The summed E-state index contributed by atoms with van der Waals surface area (Å²) in [5.74, 6) is -1.12. The van der Waals surface area contributed by atoms with Gasteiger partial charge in [-0.2, -0.15) is 0 Å². The van der Waals surface area contributed by atoms with Gasteiger partial charge in [0, 0.05) is 5.70 Å². The number of halogens is 2. The van der Waals surface area contributed by atoms with Gasteiger partial charge in [0.2, 0.25) is 0 Å². The third kappa shape index (κ3) is 3.16. The number of rotatable bonds is 3. The lowest BCUT2D eigenvalue weighted by Gasteiger charge is -2.28. The van der Waals surface area contributed by atoms with Crippen LogP contribution in [0.1, 0.15) is 25.5 Å². The van der Waals surface area contributed by atoms with E-state index in [0.717, 1.165) is 0 Å². The van der Waals surface area contributed by atoms with Gasteiger partial charge in [-0.15, -0.1) is 0 Å². The van der Waals surface area contributed by atoms with Crippen molar-refractivity contribution in [1.82, 2.24) is 10.6 Å². The van der Waals surface area contributed by atoms with E-state index >= 15 is 0 Å². The van der Waals surface area contributed by atoms with Gasteiger partial charge in [-0.25, -0.2) is 14.0 Å². The average Bonchev–Trinajstić information content (AvgIpc) is 2.41. The molecular formula is C14H14ClFN2O3. The molecule has 0 aliphatic carbocycles. The topological polar surface area (TPSA) is 67.4 Å². The predicted molar refractivity (Wildman–Crippen MR) is 75.2 cm³/mol. The van der Waals surface area contributed by atoms with Gasteiger partial charge >= 0.3 is 12.0 Å². The SMILES string of the molecule is CCOC(=O)C1=C(C)NC(=O)NC1c1ccc(F)c(Cl)c1. The first-order chi connectivity index (χ1) is 9.93. The zero-order chi connectivity index (χ0) is 15.6. The van der Waals surface area contributed by atoms with Crippen LogP contribution >= 0.6 is 11.6 Å². The van der Waals surface area contributed by atoms with Crippen molar-refractivity contribution in [2.45, 2.75) is 19.9 Å². The number of nitrogens with one attached hydrogen (secondary N) is 2. The minimum absolute atomic E-state index is 0.0823. The van der Waals surface area contributed by atoms with Gasteiger partial charge in [0.15, 0.2) is 0 Å². The molecule has 0 bridgehead atoms. The van der Waals surface area contributed by atoms with Gasteiger partial charge in [0.1, 0.15) is 5.82 Å². The molecule has 1 heterocycles. The maximum absolute atomic E-state index is 13.3. The van der Waals surface area contributed by atoms with E-state index in [2.05, 4.69) is 10.6 Å². The van der Waals surface area contributed by atoms with Gasteiger partial charge in [0.05, 0.1) is 23.2 Å². The Labute approximate surface area is 126 Å². The molecule has 1 aromatic rings. The van der Waals surface area contributed by atoms with E-state index in [1.165, 1.54) is 18.2 Å². The van der Waals surface area contributed by atoms with E-state index in [1.807, 2.05) is 0 Å². The number of carbonyl (C=O) groups excluding carboxylic acids is 2. The summed E-state index contributed by atoms with van der Waals surface area (Å²) in [4.78, 5) is 23.7. The van der Waals surface area contributed by atoms with E-state index in [9.17, 15) is 14.0 Å². The predicted octanol–water partition coefficient (Wildman–Crippen LogP) is 2.67. The molecule has 7 heteroatoms. The van der Waals surface area contributed by atoms with Crippen LogP contribution in [0.25, 0.3) is 0 Å². The maximum Gasteiger partial charge on any atom is 0.338 e. The summed E-state index contributed by atoms with van der Waals surface area (Å²) in [5.41, 5.74) is 1.15. The van der Waals surface area contributed by atoms with Crippen molar-refractivity contribution in [3.8, 4) is 0 Å². The van der Waals surface area contributed by atoms with Crippen LogP contribution in [-0.2, 0) is 9.53 Å². The molecule has 2 amide bonds. The largest absolute Gasteiger partial charge is 0.463 e. The van der Waals surface area contributed by atoms with Crippen molar-refractivity contribution >= 4 is 23.6 Å². The van der Waals surface area contributed by atoms with Crippen LogP contribution in [0.5, 0.6) is 0 Å². The van der Waals surface area contributed by atoms with Gasteiger partial charge in [-0.1, -0.05) is 17.7 Å². The molecule has 0 saturated heterocycles. The molecule has 1 aliphatic heterocycles. The van der Waals surface area contributed by atoms with Crippen molar-refractivity contribution in [2.75, 3.05) is 6.61 Å². The average molecular weight is 313 g/mol. The molecule has 1 aromatic carbocycles. The van der Waals surface area contributed by atoms with E-state index in [4.69, 9.17) is 16.3 Å². The van der Waals surface area contributed by atoms with E-state index in [1.54, 1.807) is 13.8 Å². The molecule has 0 spiro atoms. The Morgan fingerprint density at radius 2 is 2.19 bits per heavy atom. The van der Waals surface area contributed by atoms with Crippen LogP contribution in [0.3, 0.4) is 0 Å². The van der Waals surface area contributed by atoms with Crippen LogP contribution in [0, 0.1) is 5.82 Å². The molecule has 5 nitrogen and oxygen atoms in total. The first-order valence-corrected chi connectivity index (χ1v) is 6.72. The maximum atomic E-state index is 13.3. The number of hydrogen-bond donors (Lipinski definition) is 2. The Morgan fingerprint density at radius 1 is 1.48 bits per heavy atom. The van der Waals surface area contributed by atoms with E-state index in [-0.39, 0.29) is 17.2 Å². The smallest absolute Gasteiger partial charge is 0.338 e. The number of benzene rings is 1. The summed E-state index contributed by atoms with van der Waals surface area (Å²) in [6.45, 7) is 3.50. The second kappa shape index (κ2) is 6.13. The summed E-state index contributed by atoms with van der Waals surface area (Å²) in [7, 11) is 0. The molecule has 0 aromatic heterocycles. The molecule has 21 heavy (non-hydrogen) atoms. The molecule has 1 aliphatic rings. The molecule has 1 unspecified atom stereocenters. The fourth-order valence-electron chi connectivity index (χ4n) is 2.12. The Morgan fingerprint density at radius 3 is 2.81 bits per heavy atom. The Hall–Kier alpha value is -2.08. The van der Waals surface area contributed by atoms with E-state index in [0.29, 0.717) is 11.3 Å². The zero-order valence-corrected chi connectivity index (χ0v) is 12.3. The lowest BCUT2D eigenvalue weighted by atomic mass is 9.95. The van der Waals surface area contributed by atoms with Crippen molar-refractivity contribution < 1.29 is 18.7 Å². The normalized spacial score (nSPS) is 18.1. The van der Waals surface area contributed by atoms with Crippen molar-refractivity contribution in [2.24, 2.45) is 0 Å². The Bertz CT molecular complexity index is 631. The minimum atomic E-state index is -0.740. The molecule has 2 rings (SSSR count). The highest BCUT2D eigenvalue weighted by Gasteiger charge is 2.32. The lowest BCUT2D eigenvalue weighted by Crippen LogP contribution is -2.45. The highest BCUT2D eigenvalue weighted by atomic mass is 35.5. The van der Waals surface area contributed by atoms with Crippen LogP contribution < -0.4 is 10.6 Å². The van der Waals surface area contributed by atoms with E-state index < -0.39 is 23.9 Å². The summed E-state index contributed by atoms with van der Waals surface area (Å²) in [6.07, 6.45) is 0. The number of hydrogen-bond acceptors (Lipinski definition) is 3. The monoisotopic (exact) mass is 312 g/mol. The number of ether oxygens (including phenoxy) is 1. The summed E-state index contributed by atoms with van der Waals surface area (Å²) < 4.78 is 18.3. The highest BCUT2D eigenvalue weighted by molar-refractivity contribution is 6.30. The first kappa shape index (κ1) is 15.3. The highest BCUT2D eigenvalue weighted by Crippen LogP contribution is 2.29. The van der Waals surface area contributed by atoms with Crippen LogP contribution in [0.2, 0.25) is 5.02 Å². The summed E-state index contributed by atoms with van der Waals surface area (Å²) in [6, 6.07) is 2.83. The lowest BCUT2D eigenvalue weighted by molar-refractivity contribution is -0.139. The van der Waals surface area contributed by atoms with Crippen molar-refractivity contribution in [3.05, 3.63) is 45.9 Å². The molecule has 0 radical (unpaired) electrons. The number of urea groups is 1.